The number of methoxy groups -OCH3 is 1. The van der Waals surface area contributed by atoms with Crippen molar-refractivity contribution in [3.8, 4) is 0 Å². The molecule has 0 saturated heterocycles. The fraction of sp³-hybridized carbons (Fsp3) is 0.222. The molecule has 0 spiro atoms. The molecule has 4 aromatic rings. The molecular formula is C27H22F2IN5O4. The summed E-state index contributed by atoms with van der Waals surface area (Å²) in [6.07, 6.45) is 2.85. The van der Waals surface area contributed by atoms with Crippen LogP contribution in [0.15, 0.2) is 42.6 Å². The Morgan fingerprint density at radius 3 is 2.67 bits per heavy atom. The highest BCUT2D eigenvalue weighted by molar-refractivity contribution is 14.1. The van der Waals surface area contributed by atoms with E-state index in [-0.39, 0.29) is 24.0 Å². The van der Waals surface area contributed by atoms with Crippen LogP contribution in [0.4, 0.5) is 8.78 Å². The number of amides is 2. The number of fused-ring (bicyclic) bond motifs is 2. The second-order valence-corrected chi connectivity index (χ2v) is 10.2. The molecule has 1 aliphatic carbocycles. The van der Waals surface area contributed by atoms with Crippen molar-refractivity contribution in [1.29, 1.82) is 0 Å². The Morgan fingerprint density at radius 1 is 1.13 bits per heavy atom. The van der Waals surface area contributed by atoms with E-state index >= 15 is 0 Å². The van der Waals surface area contributed by atoms with Crippen molar-refractivity contribution < 1.29 is 27.9 Å². The first kappa shape index (κ1) is 26.7. The van der Waals surface area contributed by atoms with Crippen LogP contribution in [0.25, 0.3) is 5.65 Å². The quantitative estimate of drug-likeness (QED) is 0.242. The van der Waals surface area contributed by atoms with E-state index in [1.807, 2.05) is 35.6 Å². The minimum atomic E-state index is -1.01. The van der Waals surface area contributed by atoms with E-state index in [0.29, 0.717) is 33.2 Å². The van der Waals surface area contributed by atoms with Gasteiger partial charge in [-0.15, -0.1) is 0 Å². The normalized spacial score (nSPS) is 14.2. The highest BCUT2D eigenvalue weighted by atomic mass is 127. The Hall–Kier alpha value is -3.94. The maximum absolute atomic E-state index is 13.5. The second-order valence-electron chi connectivity index (χ2n) is 9.05. The highest BCUT2D eigenvalue weighted by Gasteiger charge is 2.29. The minimum Gasteiger partial charge on any atom is -0.465 e. The molecule has 200 valence electrons. The van der Waals surface area contributed by atoms with Gasteiger partial charge in [-0.25, -0.2) is 23.1 Å². The Bertz CT molecular complexity index is 1660. The first-order chi connectivity index (χ1) is 18.7. The van der Waals surface area contributed by atoms with Gasteiger partial charge in [-0.05, 0) is 82.8 Å². The van der Waals surface area contributed by atoms with Crippen LogP contribution < -0.4 is 10.6 Å². The van der Waals surface area contributed by atoms with Crippen LogP contribution in [0.5, 0.6) is 0 Å². The Morgan fingerprint density at radius 2 is 1.92 bits per heavy atom. The van der Waals surface area contributed by atoms with Gasteiger partial charge < -0.3 is 15.4 Å². The average Bonchev–Trinajstić information content (AvgIpc) is 3.52. The third-order valence-electron chi connectivity index (χ3n) is 6.73. The Kier molecular flexibility index (Phi) is 7.30. The molecule has 2 aromatic carbocycles. The van der Waals surface area contributed by atoms with Gasteiger partial charge in [0.2, 0.25) is 0 Å². The molecule has 39 heavy (non-hydrogen) atoms. The van der Waals surface area contributed by atoms with E-state index in [9.17, 15) is 23.2 Å². The van der Waals surface area contributed by atoms with Crippen molar-refractivity contribution in [2.24, 2.45) is 0 Å². The predicted molar refractivity (Wildman–Crippen MR) is 144 cm³/mol. The average molecular weight is 645 g/mol. The number of hydrogen-bond acceptors (Lipinski definition) is 6. The van der Waals surface area contributed by atoms with Crippen LogP contribution in [0.2, 0.25) is 0 Å². The summed E-state index contributed by atoms with van der Waals surface area (Å²) in [5, 5.41) is 9.90. The number of benzene rings is 2. The van der Waals surface area contributed by atoms with Gasteiger partial charge in [-0.1, -0.05) is 12.1 Å². The zero-order valence-electron chi connectivity index (χ0n) is 20.8. The van der Waals surface area contributed by atoms with Gasteiger partial charge in [0.15, 0.2) is 17.3 Å². The largest absolute Gasteiger partial charge is 0.465 e. The highest BCUT2D eigenvalue weighted by Crippen LogP contribution is 2.35. The van der Waals surface area contributed by atoms with Gasteiger partial charge in [-0.3, -0.25) is 9.59 Å². The lowest BCUT2D eigenvalue weighted by Crippen LogP contribution is -2.30. The molecule has 1 atom stereocenters. The third kappa shape index (κ3) is 5.07. The van der Waals surface area contributed by atoms with Gasteiger partial charge in [-0.2, -0.15) is 5.10 Å². The number of ether oxygens (including phenoxy) is 1. The van der Waals surface area contributed by atoms with E-state index in [1.165, 1.54) is 30.0 Å². The smallest absolute Gasteiger partial charge is 0.338 e. The zero-order chi connectivity index (χ0) is 27.8. The van der Waals surface area contributed by atoms with Crippen LogP contribution in [0.3, 0.4) is 0 Å². The maximum atomic E-state index is 13.5. The van der Waals surface area contributed by atoms with Crippen molar-refractivity contribution in [3.05, 3.63) is 97.0 Å². The number of nitrogens with zero attached hydrogens (tertiary/aromatic N) is 3. The van der Waals surface area contributed by atoms with Crippen LogP contribution in [-0.2, 0) is 17.7 Å². The Balaban J connectivity index is 1.40. The molecule has 0 radical (unpaired) electrons. The lowest BCUT2D eigenvalue weighted by molar-refractivity contribution is 0.0599. The number of esters is 1. The minimum absolute atomic E-state index is 0.0287. The first-order valence-electron chi connectivity index (χ1n) is 12.0. The molecule has 1 aliphatic rings. The Labute approximate surface area is 235 Å². The molecule has 0 aliphatic heterocycles. The number of carbonyl (C=O) groups is 3. The van der Waals surface area contributed by atoms with E-state index in [0.717, 1.165) is 28.8 Å². The molecule has 2 heterocycles. The summed E-state index contributed by atoms with van der Waals surface area (Å²) >= 11 is 2.01. The van der Waals surface area contributed by atoms with Gasteiger partial charge >= 0.3 is 5.97 Å². The van der Waals surface area contributed by atoms with Crippen LogP contribution >= 0.6 is 22.6 Å². The SMILES string of the molecule is COC(=O)c1ccc2c(c1C)CC[C@@H]2NC(=O)c1cc(C(=O)NCc2ccc(F)c(F)c2)nc2c(I)cnn12. The summed E-state index contributed by atoms with van der Waals surface area (Å²) in [5.74, 6) is -3.45. The molecule has 0 unspecified atom stereocenters. The summed E-state index contributed by atoms with van der Waals surface area (Å²) in [6.45, 7) is 1.80. The van der Waals surface area contributed by atoms with Crippen molar-refractivity contribution >= 4 is 46.0 Å². The van der Waals surface area contributed by atoms with Crippen molar-refractivity contribution in [1.82, 2.24) is 25.2 Å². The first-order valence-corrected chi connectivity index (χ1v) is 13.0. The molecule has 2 N–H and O–H groups in total. The van der Waals surface area contributed by atoms with Gasteiger partial charge in [0.1, 0.15) is 11.4 Å². The fourth-order valence-electron chi connectivity index (χ4n) is 4.73. The van der Waals surface area contributed by atoms with Crippen LogP contribution in [0.1, 0.15) is 66.1 Å². The molecule has 9 nitrogen and oxygen atoms in total. The molecular weight excluding hydrogens is 623 g/mol. The number of rotatable bonds is 6. The number of carbonyl (C=O) groups excluding carboxylic acids is 3. The lowest BCUT2D eigenvalue weighted by atomic mass is 9.98. The summed E-state index contributed by atoms with van der Waals surface area (Å²) in [5.41, 5.74) is 3.99. The molecule has 2 amide bonds. The molecule has 5 rings (SSSR count). The van der Waals surface area contributed by atoms with Crippen LogP contribution in [-0.4, -0.2) is 39.5 Å². The van der Waals surface area contributed by atoms with E-state index < -0.39 is 29.4 Å². The summed E-state index contributed by atoms with van der Waals surface area (Å²) in [4.78, 5) is 42.8. The fourth-order valence-corrected chi connectivity index (χ4v) is 5.20. The van der Waals surface area contributed by atoms with Gasteiger partial charge in [0.05, 0.1) is 28.5 Å². The van der Waals surface area contributed by atoms with Crippen LogP contribution in [0, 0.1) is 22.1 Å². The number of aromatic nitrogens is 3. The standard InChI is InChI=1S/C27H22F2IN5O4/c1-13-15-6-8-21(17(15)5-4-16(13)27(38)39-2)34-26(37)23-10-22(33-24-20(30)12-32-35(23)24)25(36)31-11-14-3-7-18(28)19(29)9-14/h3-5,7,9-10,12,21H,6,8,11H2,1-2H3,(H,31,36)(H,34,37)/t21-/m0/s1. The second kappa shape index (κ2) is 10.7. The number of nitrogens with one attached hydrogen (secondary N) is 2. The van der Waals surface area contributed by atoms with Gasteiger partial charge in [0, 0.05) is 12.6 Å². The topological polar surface area (TPSA) is 115 Å². The molecule has 12 heteroatoms. The monoisotopic (exact) mass is 645 g/mol. The molecule has 0 saturated carbocycles. The van der Waals surface area contributed by atoms with Gasteiger partial charge in [0.25, 0.3) is 11.8 Å². The number of hydrogen-bond donors (Lipinski definition) is 2. The lowest BCUT2D eigenvalue weighted by Gasteiger charge is -2.16. The summed E-state index contributed by atoms with van der Waals surface area (Å²) < 4.78 is 33.6. The molecule has 2 aromatic heterocycles. The predicted octanol–water partition coefficient (Wildman–Crippen LogP) is 4.05. The van der Waals surface area contributed by atoms with E-state index in [2.05, 4.69) is 20.7 Å². The van der Waals surface area contributed by atoms with E-state index in [1.54, 1.807) is 6.07 Å². The van der Waals surface area contributed by atoms with Crippen molar-refractivity contribution in [2.75, 3.05) is 7.11 Å². The maximum Gasteiger partial charge on any atom is 0.338 e. The van der Waals surface area contributed by atoms with Crippen molar-refractivity contribution in [3.63, 3.8) is 0 Å². The number of halogens is 3. The molecule has 0 bridgehead atoms. The zero-order valence-corrected chi connectivity index (χ0v) is 23.0. The summed E-state index contributed by atoms with van der Waals surface area (Å²) in [6, 6.07) is 7.90. The van der Waals surface area contributed by atoms with Crippen molar-refractivity contribution in [2.45, 2.75) is 32.4 Å². The molecule has 0 fully saturated rings. The summed E-state index contributed by atoms with van der Waals surface area (Å²) in [7, 11) is 1.33. The van der Waals surface area contributed by atoms with E-state index in [4.69, 9.17) is 4.74 Å². The third-order valence-corrected chi connectivity index (χ3v) is 7.50.